The molecule has 0 spiro atoms. The number of carbonyl (C=O) groups is 2. The molecular weight excluding hydrogens is 236 g/mol. The first-order valence-corrected chi connectivity index (χ1v) is 6.33. The van der Waals surface area contributed by atoms with Gasteiger partial charge in [0.25, 0.3) is 0 Å². The van der Waals surface area contributed by atoms with Crippen LogP contribution in [0.15, 0.2) is 0 Å². The number of hydrogen-bond donors (Lipinski definition) is 2. The molecule has 104 valence electrons. The number of nitrogens with zero attached hydrogens (tertiary/aromatic N) is 1. The first kappa shape index (κ1) is 14.9. The minimum absolute atomic E-state index is 0.203. The van der Waals surface area contributed by atoms with E-state index < -0.39 is 17.8 Å². The molecule has 0 aromatic heterocycles. The minimum Gasteiger partial charge on any atom is -0.481 e. The predicted molar refractivity (Wildman–Crippen MR) is 66.2 cm³/mol. The Hall–Kier alpha value is -1.14. The van der Waals surface area contributed by atoms with E-state index in [4.69, 9.17) is 9.84 Å². The zero-order valence-corrected chi connectivity index (χ0v) is 11.0. The highest BCUT2D eigenvalue weighted by Crippen LogP contribution is 2.10. The van der Waals surface area contributed by atoms with Crippen LogP contribution >= 0.6 is 0 Å². The summed E-state index contributed by atoms with van der Waals surface area (Å²) in [5.74, 6) is -2.62. The second-order valence-corrected chi connectivity index (χ2v) is 4.80. The van der Waals surface area contributed by atoms with Crippen LogP contribution in [0.1, 0.15) is 13.8 Å². The molecule has 1 heterocycles. The van der Waals surface area contributed by atoms with E-state index >= 15 is 0 Å². The summed E-state index contributed by atoms with van der Waals surface area (Å²) in [5.41, 5.74) is 0. The lowest BCUT2D eigenvalue weighted by molar-refractivity contribution is -0.148. The Morgan fingerprint density at radius 3 is 2.44 bits per heavy atom. The van der Waals surface area contributed by atoms with E-state index in [1.165, 1.54) is 0 Å². The van der Waals surface area contributed by atoms with Gasteiger partial charge in [0.1, 0.15) is 5.92 Å². The zero-order chi connectivity index (χ0) is 13.5. The largest absolute Gasteiger partial charge is 0.481 e. The van der Waals surface area contributed by atoms with E-state index in [9.17, 15) is 9.59 Å². The topological polar surface area (TPSA) is 78.9 Å². The van der Waals surface area contributed by atoms with E-state index in [1.54, 1.807) is 13.8 Å². The number of carbonyl (C=O) groups excluding carboxylic acids is 1. The number of nitrogens with one attached hydrogen (secondary N) is 1. The number of amides is 1. The van der Waals surface area contributed by atoms with Crippen molar-refractivity contribution in [2.24, 2.45) is 11.8 Å². The summed E-state index contributed by atoms with van der Waals surface area (Å²) in [7, 11) is 0. The molecule has 0 saturated carbocycles. The highest BCUT2D eigenvalue weighted by Gasteiger charge is 2.29. The first-order valence-electron chi connectivity index (χ1n) is 6.33. The summed E-state index contributed by atoms with van der Waals surface area (Å²) in [4.78, 5) is 24.9. The number of aliphatic carboxylic acids is 1. The fourth-order valence-electron chi connectivity index (χ4n) is 1.97. The molecule has 1 atom stereocenters. The highest BCUT2D eigenvalue weighted by molar-refractivity contribution is 5.97. The molecule has 1 aliphatic heterocycles. The number of carboxylic acids is 1. The van der Waals surface area contributed by atoms with Crippen LogP contribution in [0.3, 0.4) is 0 Å². The molecule has 0 aliphatic carbocycles. The molecule has 1 saturated heterocycles. The monoisotopic (exact) mass is 258 g/mol. The summed E-state index contributed by atoms with van der Waals surface area (Å²) in [6.45, 7) is 7.86. The van der Waals surface area contributed by atoms with Crippen molar-refractivity contribution in [3.8, 4) is 0 Å². The van der Waals surface area contributed by atoms with Gasteiger partial charge in [0.2, 0.25) is 5.91 Å². The number of carboxylic acid groups (broad SMARTS) is 1. The lowest BCUT2D eigenvalue weighted by atomic mass is 9.95. The Morgan fingerprint density at radius 1 is 1.33 bits per heavy atom. The number of ether oxygens (including phenoxy) is 1. The van der Waals surface area contributed by atoms with Gasteiger partial charge < -0.3 is 15.2 Å². The van der Waals surface area contributed by atoms with Gasteiger partial charge in [0.05, 0.1) is 13.2 Å². The summed E-state index contributed by atoms with van der Waals surface area (Å²) >= 11 is 0. The molecule has 0 aromatic carbocycles. The molecule has 6 nitrogen and oxygen atoms in total. The SMILES string of the molecule is CC(C)C(C(=O)O)C(=O)NCCN1CCOCC1. The number of hydrogen-bond acceptors (Lipinski definition) is 4. The Bertz CT molecular complexity index is 288. The zero-order valence-electron chi connectivity index (χ0n) is 11.0. The quantitative estimate of drug-likeness (QED) is 0.645. The Kier molecular flexibility index (Phi) is 6.07. The average molecular weight is 258 g/mol. The summed E-state index contributed by atoms with van der Waals surface area (Å²) in [6.07, 6.45) is 0. The van der Waals surface area contributed by atoms with Gasteiger partial charge in [-0.3, -0.25) is 14.5 Å². The van der Waals surface area contributed by atoms with Gasteiger partial charge in [-0.1, -0.05) is 13.8 Å². The molecule has 0 radical (unpaired) electrons. The van der Waals surface area contributed by atoms with Gasteiger partial charge in [-0.05, 0) is 5.92 Å². The lowest BCUT2D eigenvalue weighted by Gasteiger charge is -2.26. The van der Waals surface area contributed by atoms with Crippen LogP contribution in [-0.4, -0.2) is 61.3 Å². The molecule has 6 heteroatoms. The van der Waals surface area contributed by atoms with Gasteiger partial charge in [0, 0.05) is 26.2 Å². The molecule has 1 rings (SSSR count). The predicted octanol–water partition coefficient (Wildman–Crippen LogP) is -0.208. The molecule has 0 aromatic rings. The highest BCUT2D eigenvalue weighted by atomic mass is 16.5. The van der Waals surface area contributed by atoms with Gasteiger partial charge in [-0.2, -0.15) is 0 Å². The second kappa shape index (κ2) is 7.33. The molecule has 1 amide bonds. The van der Waals surface area contributed by atoms with Crippen LogP contribution in [0, 0.1) is 11.8 Å². The minimum atomic E-state index is -1.06. The Morgan fingerprint density at radius 2 is 1.94 bits per heavy atom. The average Bonchev–Trinajstić information content (AvgIpc) is 2.29. The fraction of sp³-hybridized carbons (Fsp3) is 0.833. The van der Waals surface area contributed by atoms with Crippen molar-refractivity contribution in [3.63, 3.8) is 0 Å². The second-order valence-electron chi connectivity index (χ2n) is 4.80. The Labute approximate surface area is 107 Å². The molecular formula is C12H22N2O4. The van der Waals surface area contributed by atoms with Crippen molar-refractivity contribution in [1.82, 2.24) is 10.2 Å². The van der Waals surface area contributed by atoms with Crippen LogP contribution in [0.25, 0.3) is 0 Å². The number of rotatable bonds is 6. The maximum Gasteiger partial charge on any atom is 0.316 e. The molecule has 1 fully saturated rings. The van der Waals surface area contributed by atoms with E-state index in [-0.39, 0.29) is 5.92 Å². The lowest BCUT2D eigenvalue weighted by Crippen LogP contribution is -2.44. The van der Waals surface area contributed by atoms with Crippen LogP contribution in [0.4, 0.5) is 0 Å². The Balaban J connectivity index is 2.28. The van der Waals surface area contributed by atoms with Crippen LogP contribution < -0.4 is 5.32 Å². The normalized spacial score (nSPS) is 18.6. The summed E-state index contributed by atoms with van der Waals surface area (Å²) in [5, 5.41) is 11.7. The maximum atomic E-state index is 11.7. The van der Waals surface area contributed by atoms with Crippen molar-refractivity contribution < 1.29 is 19.4 Å². The summed E-state index contributed by atoms with van der Waals surface area (Å²) < 4.78 is 5.22. The summed E-state index contributed by atoms with van der Waals surface area (Å²) in [6, 6.07) is 0. The van der Waals surface area contributed by atoms with Crippen molar-refractivity contribution in [1.29, 1.82) is 0 Å². The molecule has 1 unspecified atom stereocenters. The van der Waals surface area contributed by atoms with Gasteiger partial charge >= 0.3 is 5.97 Å². The molecule has 18 heavy (non-hydrogen) atoms. The first-order chi connectivity index (χ1) is 8.52. The van der Waals surface area contributed by atoms with Crippen molar-refractivity contribution in [3.05, 3.63) is 0 Å². The van der Waals surface area contributed by atoms with E-state index in [2.05, 4.69) is 10.2 Å². The smallest absolute Gasteiger partial charge is 0.316 e. The standard InChI is InChI=1S/C12H22N2O4/c1-9(2)10(12(16)17)11(15)13-3-4-14-5-7-18-8-6-14/h9-10H,3-8H2,1-2H3,(H,13,15)(H,16,17). The van der Waals surface area contributed by atoms with Gasteiger partial charge in [-0.15, -0.1) is 0 Å². The maximum absolute atomic E-state index is 11.7. The van der Waals surface area contributed by atoms with Crippen molar-refractivity contribution in [2.75, 3.05) is 39.4 Å². The number of morpholine rings is 1. The molecule has 0 bridgehead atoms. The van der Waals surface area contributed by atoms with Gasteiger partial charge in [0.15, 0.2) is 0 Å². The third kappa shape index (κ3) is 4.62. The molecule has 1 aliphatic rings. The van der Waals surface area contributed by atoms with Crippen LogP contribution in [0.5, 0.6) is 0 Å². The third-order valence-electron chi connectivity index (χ3n) is 3.05. The van der Waals surface area contributed by atoms with Gasteiger partial charge in [-0.25, -0.2) is 0 Å². The third-order valence-corrected chi connectivity index (χ3v) is 3.05. The van der Waals surface area contributed by atoms with Crippen molar-refractivity contribution in [2.45, 2.75) is 13.8 Å². The van der Waals surface area contributed by atoms with Crippen LogP contribution in [-0.2, 0) is 14.3 Å². The fourth-order valence-corrected chi connectivity index (χ4v) is 1.97. The van der Waals surface area contributed by atoms with E-state index in [1.807, 2.05) is 0 Å². The van der Waals surface area contributed by atoms with E-state index in [0.29, 0.717) is 6.54 Å². The van der Waals surface area contributed by atoms with Crippen LogP contribution in [0.2, 0.25) is 0 Å². The molecule has 2 N–H and O–H groups in total. The van der Waals surface area contributed by atoms with Crippen molar-refractivity contribution >= 4 is 11.9 Å². The van der Waals surface area contributed by atoms with E-state index in [0.717, 1.165) is 32.8 Å².